The fourth-order valence-electron chi connectivity index (χ4n) is 1.96. The zero-order valence-electron chi connectivity index (χ0n) is 9.74. The number of halogens is 1. The minimum absolute atomic E-state index is 0.0385. The van der Waals surface area contributed by atoms with Gasteiger partial charge < -0.3 is 10.6 Å². The fraction of sp³-hybridized carbons (Fsp3) is 0.308. The van der Waals surface area contributed by atoms with Crippen LogP contribution in [-0.4, -0.2) is 23.9 Å². The van der Waals surface area contributed by atoms with E-state index in [4.69, 9.17) is 5.73 Å². The van der Waals surface area contributed by atoms with Crippen molar-refractivity contribution in [3.63, 3.8) is 0 Å². The van der Waals surface area contributed by atoms with E-state index in [2.05, 4.69) is 22.0 Å². The van der Waals surface area contributed by atoms with E-state index >= 15 is 0 Å². The van der Waals surface area contributed by atoms with Crippen LogP contribution in [0.2, 0.25) is 0 Å². The third-order valence-electron chi connectivity index (χ3n) is 2.84. The largest absolute Gasteiger partial charge is 0.399 e. The third kappa shape index (κ3) is 2.69. The fourth-order valence-corrected chi connectivity index (χ4v) is 2.38. The summed E-state index contributed by atoms with van der Waals surface area (Å²) in [6.45, 7) is 3.53. The molecule has 3 nitrogen and oxygen atoms in total. The van der Waals surface area contributed by atoms with Gasteiger partial charge in [0.15, 0.2) is 0 Å². The van der Waals surface area contributed by atoms with E-state index in [0.717, 1.165) is 17.4 Å². The number of carbonyl (C=O) groups excluding carboxylic acids is 1. The lowest BCUT2D eigenvalue weighted by Crippen LogP contribution is -2.35. The Labute approximate surface area is 109 Å². The number of carbonyl (C=O) groups is 1. The summed E-state index contributed by atoms with van der Waals surface area (Å²) in [5.74, 6) is 0.0385. The van der Waals surface area contributed by atoms with Gasteiger partial charge in [-0.15, -0.1) is 0 Å². The summed E-state index contributed by atoms with van der Waals surface area (Å²) < 4.78 is 0.795. The normalized spacial score (nSPS) is 15.6. The topological polar surface area (TPSA) is 46.3 Å². The van der Waals surface area contributed by atoms with E-state index in [0.29, 0.717) is 17.8 Å². The molecule has 4 heteroatoms. The first kappa shape index (κ1) is 12.2. The maximum absolute atomic E-state index is 12.3. The summed E-state index contributed by atoms with van der Waals surface area (Å²) in [4.78, 5) is 14.2. The molecule has 1 aromatic rings. The van der Waals surface area contributed by atoms with Crippen molar-refractivity contribution in [2.24, 2.45) is 0 Å². The van der Waals surface area contributed by atoms with Gasteiger partial charge in [-0.3, -0.25) is 4.79 Å². The number of nitrogen functional groups attached to an aromatic ring is 1. The highest BCUT2D eigenvalue weighted by atomic mass is 79.9. The molecule has 1 aromatic carbocycles. The summed E-state index contributed by atoms with van der Waals surface area (Å²) in [6.07, 6.45) is 3.11. The van der Waals surface area contributed by atoms with Crippen molar-refractivity contribution in [3.05, 3.63) is 39.9 Å². The Kier molecular flexibility index (Phi) is 3.52. The molecule has 0 radical (unpaired) electrons. The highest BCUT2D eigenvalue weighted by Gasteiger charge is 2.20. The van der Waals surface area contributed by atoms with Gasteiger partial charge in [0.1, 0.15) is 0 Å². The molecule has 1 amide bonds. The second-order valence-electron chi connectivity index (χ2n) is 4.31. The van der Waals surface area contributed by atoms with Crippen LogP contribution < -0.4 is 5.73 Å². The van der Waals surface area contributed by atoms with Crippen molar-refractivity contribution in [1.82, 2.24) is 4.90 Å². The molecular weight excluding hydrogens is 280 g/mol. The predicted molar refractivity (Wildman–Crippen MR) is 72.8 cm³/mol. The average Bonchev–Trinajstić information content (AvgIpc) is 2.31. The first-order valence-electron chi connectivity index (χ1n) is 5.58. The van der Waals surface area contributed by atoms with E-state index in [1.165, 1.54) is 5.57 Å². The standard InChI is InChI=1S/C13H15BrN2O/c1-9-3-2-6-16(8-9)13(17)11-7-10(15)4-5-12(11)14/h3-5,7H,2,6,8,15H2,1H3. The number of anilines is 1. The number of hydrogen-bond donors (Lipinski definition) is 1. The summed E-state index contributed by atoms with van der Waals surface area (Å²) in [5.41, 5.74) is 8.21. The Balaban J connectivity index is 2.25. The number of nitrogens with zero attached hydrogens (tertiary/aromatic N) is 1. The summed E-state index contributed by atoms with van der Waals surface area (Å²) >= 11 is 3.40. The zero-order valence-corrected chi connectivity index (χ0v) is 11.3. The minimum Gasteiger partial charge on any atom is -0.399 e. The number of rotatable bonds is 1. The molecule has 2 rings (SSSR count). The Morgan fingerprint density at radius 1 is 1.47 bits per heavy atom. The molecule has 0 bridgehead atoms. The molecule has 1 heterocycles. The number of amides is 1. The van der Waals surface area contributed by atoms with Crippen LogP contribution in [-0.2, 0) is 0 Å². The van der Waals surface area contributed by atoms with Crippen LogP contribution in [0, 0.1) is 0 Å². The maximum Gasteiger partial charge on any atom is 0.255 e. The molecule has 0 unspecified atom stereocenters. The van der Waals surface area contributed by atoms with E-state index in [1.54, 1.807) is 12.1 Å². The van der Waals surface area contributed by atoms with Gasteiger partial charge in [-0.25, -0.2) is 0 Å². The van der Waals surface area contributed by atoms with Gasteiger partial charge in [0.2, 0.25) is 0 Å². The molecule has 1 aliphatic heterocycles. The Morgan fingerprint density at radius 3 is 2.94 bits per heavy atom. The monoisotopic (exact) mass is 294 g/mol. The lowest BCUT2D eigenvalue weighted by atomic mass is 10.1. The number of benzene rings is 1. The summed E-state index contributed by atoms with van der Waals surface area (Å²) in [5, 5.41) is 0. The molecule has 0 spiro atoms. The molecule has 2 N–H and O–H groups in total. The zero-order chi connectivity index (χ0) is 12.4. The smallest absolute Gasteiger partial charge is 0.255 e. The molecule has 90 valence electrons. The highest BCUT2D eigenvalue weighted by molar-refractivity contribution is 9.10. The molecule has 0 aliphatic carbocycles. The second kappa shape index (κ2) is 4.92. The highest BCUT2D eigenvalue weighted by Crippen LogP contribution is 2.22. The van der Waals surface area contributed by atoms with E-state index in [-0.39, 0.29) is 5.91 Å². The molecule has 0 saturated carbocycles. The van der Waals surface area contributed by atoms with Crippen LogP contribution in [0.4, 0.5) is 5.69 Å². The van der Waals surface area contributed by atoms with Crippen molar-refractivity contribution in [3.8, 4) is 0 Å². The van der Waals surface area contributed by atoms with Gasteiger partial charge in [0.25, 0.3) is 5.91 Å². The lowest BCUT2D eigenvalue weighted by molar-refractivity contribution is 0.0765. The van der Waals surface area contributed by atoms with Crippen LogP contribution >= 0.6 is 15.9 Å². The van der Waals surface area contributed by atoms with E-state index in [1.807, 2.05) is 17.9 Å². The molecule has 0 saturated heterocycles. The number of hydrogen-bond acceptors (Lipinski definition) is 2. The van der Waals surface area contributed by atoms with E-state index in [9.17, 15) is 4.79 Å². The van der Waals surface area contributed by atoms with Crippen molar-refractivity contribution in [2.45, 2.75) is 13.3 Å². The van der Waals surface area contributed by atoms with E-state index < -0.39 is 0 Å². The quantitative estimate of drug-likeness (QED) is 0.639. The summed E-state index contributed by atoms with van der Waals surface area (Å²) in [6, 6.07) is 5.32. The van der Waals surface area contributed by atoms with Crippen LogP contribution in [0.1, 0.15) is 23.7 Å². The minimum atomic E-state index is 0.0385. The Hall–Kier alpha value is -1.29. The average molecular weight is 295 g/mol. The van der Waals surface area contributed by atoms with Gasteiger partial charge >= 0.3 is 0 Å². The predicted octanol–water partition coefficient (Wildman–Crippen LogP) is 2.82. The molecule has 0 aromatic heterocycles. The molecule has 0 fully saturated rings. The lowest BCUT2D eigenvalue weighted by Gasteiger charge is -2.26. The van der Waals surface area contributed by atoms with Gasteiger partial charge in [0, 0.05) is 23.2 Å². The first-order chi connectivity index (χ1) is 8.08. The van der Waals surface area contributed by atoms with Gasteiger partial charge in [0.05, 0.1) is 5.56 Å². The van der Waals surface area contributed by atoms with Crippen LogP contribution in [0.25, 0.3) is 0 Å². The molecule has 1 aliphatic rings. The van der Waals surface area contributed by atoms with Crippen molar-refractivity contribution in [1.29, 1.82) is 0 Å². The Morgan fingerprint density at radius 2 is 2.24 bits per heavy atom. The van der Waals surface area contributed by atoms with Crippen molar-refractivity contribution < 1.29 is 4.79 Å². The van der Waals surface area contributed by atoms with Crippen molar-refractivity contribution >= 4 is 27.5 Å². The van der Waals surface area contributed by atoms with Gasteiger partial charge in [-0.1, -0.05) is 11.6 Å². The third-order valence-corrected chi connectivity index (χ3v) is 3.53. The van der Waals surface area contributed by atoms with Crippen molar-refractivity contribution in [2.75, 3.05) is 18.8 Å². The number of nitrogens with two attached hydrogens (primary N) is 1. The van der Waals surface area contributed by atoms with Crippen LogP contribution in [0.3, 0.4) is 0 Å². The SMILES string of the molecule is CC1=CCCN(C(=O)c2cc(N)ccc2Br)C1. The first-order valence-corrected chi connectivity index (χ1v) is 6.37. The van der Waals surface area contributed by atoms with Crippen LogP contribution in [0.5, 0.6) is 0 Å². The van der Waals surface area contributed by atoms with Gasteiger partial charge in [-0.05, 0) is 47.5 Å². The second-order valence-corrected chi connectivity index (χ2v) is 5.16. The summed E-state index contributed by atoms with van der Waals surface area (Å²) in [7, 11) is 0. The van der Waals surface area contributed by atoms with Gasteiger partial charge in [-0.2, -0.15) is 0 Å². The molecular formula is C13H15BrN2O. The molecule has 17 heavy (non-hydrogen) atoms. The Bertz CT molecular complexity index is 482. The maximum atomic E-state index is 12.3. The van der Waals surface area contributed by atoms with Crippen LogP contribution in [0.15, 0.2) is 34.3 Å². The molecule has 0 atom stereocenters.